The number of pyridine rings is 1. The lowest BCUT2D eigenvalue weighted by atomic mass is 10.3. The zero-order valence-electron chi connectivity index (χ0n) is 9.49. The van der Waals surface area contributed by atoms with E-state index in [0.29, 0.717) is 23.5 Å². The average Bonchev–Trinajstić information content (AvgIpc) is 2.55. The van der Waals surface area contributed by atoms with Gasteiger partial charge in [0.05, 0.1) is 18.3 Å². The molecule has 0 aliphatic heterocycles. The summed E-state index contributed by atoms with van der Waals surface area (Å²) in [5.74, 6) is 0.697. The van der Waals surface area contributed by atoms with Crippen LogP contribution in [-0.4, -0.2) is 21.1 Å². The molecule has 0 atom stereocenters. The van der Waals surface area contributed by atoms with Gasteiger partial charge in [0, 0.05) is 13.1 Å². The quantitative estimate of drug-likeness (QED) is 0.795. The van der Waals surface area contributed by atoms with E-state index in [9.17, 15) is 4.79 Å². The highest BCUT2D eigenvalue weighted by molar-refractivity contribution is 5.71. The van der Waals surface area contributed by atoms with Crippen LogP contribution in [0.15, 0.2) is 17.1 Å². The number of aromatic amines is 1. The zero-order chi connectivity index (χ0) is 11.5. The number of unbranched alkanes of at least 4 members (excludes halogenated alkanes) is 1. The molecule has 0 saturated carbocycles. The maximum absolute atomic E-state index is 11.3. The minimum Gasteiger partial charge on any atom is -0.492 e. The molecule has 0 aliphatic carbocycles. The Hall–Kier alpha value is -1.78. The van der Waals surface area contributed by atoms with Crippen LogP contribution < -0.4 is 10.4 Å². The molecule has 0 radical (unpaired) electrons. The molecule has 5 heteroatoms. The molecule has 0 bridgehead atoms. The topological polar surface area (TPSA) is 59.9 Å². The first kappa shape index (κ1) is 10.7. The molecule has 0 spiro atoms. The van der Waals surface area contributed by atoms with Crippen molar-refractivity contribution in [1.82, 2.24) is 14.5 Å². The third-order valence-electron chi connectivity index (χ3n) is 2.47. The fraction of sp³-hybridized carbons (Fsp3) is 0.455. The van der Waals surface area contributed by atoms with E-state index in [1.54, 1.807) is 19.3 Å². The molecule has 16 heavy (non-hydrogen) atoms. The molecule has 0 saturated heterocycles. The number of ether oxygens (including phenoxy) is 1. The van der Waals surface area contributed by atoms with Crippen molar-refractivity contribution in [3.05, 3.63) is 22.7 Å². The Morgan fingerprint density at radius 1 is 1.56 bits per heavy atom. The van der Waals surface area contributed by atoms with Crippen LogP contribution in [0, 0.1) is 0 Å². The summed E-state index contributed by atoms with van der Waals surface area (Å²) in [5, 5.41) is 0. The van der Waals surface area contributed by atoms with Crippen LogP contribution in [0.5, 0.6) is 5.75 Å². The van der Waals surface area contributed by atoms with Crippen molar-refractivity contribution in [3.63, 3.8) is 0 Å². The number of hydrogen-bond donors (Lipinski definition) is 1. The van der Waals surface area contributed by atoms with Gasteiger partial charge >= 0.3 is 5.69 Å². The minimum atomic E-state index is -0.159. The number of H-pyrrole nitrogens is 1. The molecular weight excluding hydrogens is 206 g/mol. The lowest BCUT2D eigenvalue weighted by Gasteiger charge is -2.04. The molecule has 0 aliphatic rings. The van der Waals surface area contributed by atoms with Gasteiger partial charge in [-0.15, -0.1) is 0 Å². The molecule has 2 aromatic heterocycles. The fourth-order valence-corrected chi connectivity index (χ4v) is 1.51. The van der Waals surface area contributed by atoms with Gasteiger partial charge in [0.25, 0.3) is 0 Å². The van der Waals surface area contributed by atoms with Gasteiger partial charge in [-0.2, -0.15) is 0 Å². The first-order valence-corrected chi connectivity index (χ1v) is 5.40. The van der Waals surface area contributed by atoms with Gasteiger partial charge in [0.15, 0.2) is 5.65 Å². The minimum absolute atomic E-state index is 0.159. The number of nitrogens with zero attached hydrogens (tertiary/aromatic N) is 2. The first-order valence-electron chi connectivity index (χ1n) is 5.40. The van der Waals surface area contributed by atoms with Crippen molar-refractivity contribution in [2.24, 2.45) is 7.05 Å². The summed E-state index contributed by atoms with van der Waals surface area (Å²) in [6.45, 7) is 2.79. The maximum atomic E-state index is 11.3. The molecule has 0 amide bonds. The number of rotatable bonds is 4. The summed E-state index contributed by atoms with van der Waals surface area (Å²) in [6, 6.07) is 1.80. The summed E-state index contributed by atoms with van der Waals surface area (Å²) in [6.07, 6.45) is 3.76. The molecule has 0 aromatic carbocycles. The standard InChI is InChI=1S/C11H15N3O2/c1-3-4-5-16-8-6-9-10(12-7-8)14(2)11(15)13-9/h6-7H,3-5H2,1-2H3,(H,13,15). The Kier molecular flexibility index (Phi) is 2.94. The van der Waals surface area contributed by atoms with Crippen LogP contribution in [0.1, 0.15) is 19.8 Å². The van der Waals surface area contributed by atoms with Crippen LogP contribution in [0.2, 0.25) is 0 Å². The average molecular weight is 221 g/mol. The van der Waals surface area contributed by atoms with Crippen molar-refractivity contribution < 1.29 is 4.74 Å². The Bertz CT molecular complexity index is 542. The summed E-state index contributed by atoms with van der Waals surface area (Å²) in [4.78, 5) is 18.2. The second-order valence-electron chi connectivity index (χ2n) is 3.73. The molecule has 0 fully saturated rings. The van der Waals surface area contributed by atoms with Crippen molar-refractivity contribution >= 4 is 11.2 Å². The Labute approximate surface area is 93.1 Å². The molecule has 1 N–H and O–H groups in total. The fourth-order valence-electron chi connectivity index (χ4n) is 1.51. The van der Waals surface area contributed by atoms with Gasteiger partial charge in [0.1, 0.15) is 5.75 Å². The third-order valence-corrected chi connectivity index (χ3v) is 2.47. The maximum Gasteiger partial charge on any atom is 0.327 e. The molecule has 5 nitrogen and oxygen atoms in total. The van der Waals surface area contributed by atoms with Crippen LogP contribution in [0.4, 0.5) is 0 Å². The van der Waals surface area contributed by atoms with Crippen LogP contribution in [0.3, 0.4) is 0 Å². The van der Waals surface area contributed by atoms with E-state index in [1.807, 2.05) is 0 Å². The van der Waals surface area contributed by atoms with Gasteiger partial charge in [0.2, 0.25) is 0 Å². The Morgan fingerprint density at radius 3 is 3.12 bits per heavy atom. The largest absolute Gasteiger partial charge is 0.492 e. The number of aromatic nitrogens is 3. The highest BCUT2D eigenvalue weighted by atomic mass is 16.5. The van der Waals surface area contributed by atoms with Gasteiger partial charge < -0.3 is 9.72 Å². The van der Waals surface area contributed by atoms with E-state index in [2.05, 4.69) is 16.9 Å². The zero-order valence-corrected chi connectivity index (χ0v) is 9.49. The van der Waals surface area contributed by atoms with E-state index in [1.165, 1.54) is 4.57 Å². The second kappa shape index (κ2) is 4.38. The first-order chi connectivity index (χ1) is 7.72. The van der Waals surface area contributed by atoms with Gasteiger partial charge in [-0.05, 0) is 6.42 Å². The summed E-state index contributed by atoms with van der Waals surface area (Å²) in [5.41, 5.74) is 1.20. The molecule has 86 valence electrons. The predicted molar refractivity (Wildman–Crippen MR) is 61.7 cm³/mol. The number of fused-ring (bicyclic) bond motifs is 1. The third kappa shape index (κ3) is 1.93. The van der Waals surface area contributed by atoms with E-state index in [4.69, 9.17) is 4.74 Å². The number of hydrogen-bond acceptors (Lipinski definition) is 3. The Morgan fingerprint density at radius 2 is 2.38 bits per heavy atom. The molecular formula is C11H15N3O2. The normalized spacial score (nSPS) is 10.9. The molecule has 2 rings (SSSR count). The van der Waals surface area contributed by atoms with Crippen molar-refractivity contribution in [2.75, 3.05) is 6.61 Å². The summed E-state index contributed by atoms with van der Waals surface area (Å²) >= 11 is 0. The van der Waals surface area contributed by atoms with Crippen molar-refractivity contribution in [1.29, 1.82) is 0 Å². The summed E-state index contributed by atoms with van der Waals surface area (Å²) < 4.78 is 6.99. The van der Waals surface area contributed by atoms with Gasteiger partial charge in [-0.1, -0.05) is 13.3 Å². The Balaban J connectivity index is 2.27. The van der Waals surface area contributed by atoms with Crippen molar-refractivity contribution in [2.45, 2.75) is 19.8 Å². The highest BCUT2D eigenvalue weighted by Crippen LogP contribution is 2.15. The van der Waals surface area contributed by atoms with Crippen LogP contribution >= 0.6 is 0 Å². The second-order valence-corrected chi connectivity index (χ2v) is 3.73. The van der Waals surface area contributed by atoms with E-state index >= 15 is 0 Å². The van der Waals surface area contributed by atoms with E-state index in [-0.39, 0.29) is 5.69 Å². The number of aryl methyl sites for hydroxylation is 1. The number of imidazole rings is 1. The van der Waals surface area contributed by atoms with Gasteiger partial charge in [-0.3, -0.25) is 4.57 Å². The van der Waals surface area contributed by atoms with Crippen LogP contribution in [-0.2, 0) is 7.05 Å². The predicted octanol–water partition coefficient (Wildman–Crippen LogP) is 1.44. The smallest absolute Gasteiger partial charge is 0.327 e. The number of nitrogens with one attached hydrogen (secondary N) is 1. The van der Waals surface area contributed by atoms with E-state index in [0.717, 1.165) is 12.8 Å². The highest BCUT2D eigenvalue weighted by Gasteiger charge is 2.05. The monoisotopic (exact) mass is 221 g/mol. The van der Waals surface area contributed by atoms with Gasteiger partial charge in [-0.25, -0.2) is 9.78 Å². The van der Waals surface area contributed by atoms with Crippen molar-refractivity contribution in [3.8, 4) is 5.75 Å². The molecule has 2 heterocycles. The van der Waals surface area contributed by atoms with E-state index < -0.39 is 0 Å². The van der Waals surface area contributed by atoms with Crippen LogP contribution in [0.25, 0.3) is 11.2 Å². The SMILES string of the molecule is CCCCOc1cnc2c(c1)[nH]c(=O)n2C. The molecule has 0 unspecified atom stereocenters. The summed E-state index contributed by atoms with van der Waals surface area (Å²) in [7, 11) is 1.69. The lowest BCUT2D eigenvalue weighted by Crippen LogP contribution is -2.12. The lowest BCUT2D eigenvalue weighted by molar-refractivity contribution is 0.308. The molecule has 2 aromatic rings.